The minimum absolute atomic E-state index is 0.610. The number of hydrogen-bond acceptors (Lipinski definition) is 1. The van der Waals surface area contributed by atoms with E-state index in [1.807, 2.05) is 6.92 Å². The first kappa shape index (κ1) is 6.84. The normalized spacial score (nSPS) is 9.86. The van der Waals surface area contributed by atoms with Crippen molar-refractivity contribution in [1.82, 2.24) is 0 Å². The van der Waals surface area contributed by atoms with E-state index in [-0.39, 0.29) is 0 Å². The molecular formula is C5H10NP. The smallest absolute Gasteiger partial charge is 0.00550 e. The summed E-state index contributed by atoms with van der Waals surface area (Å²) in [5.74, 6) is 0. The second-order valence-corrected chi connectivity index (χ2v) is 2.44. The van der Waals surface area contributed by atoms with E-state index in [0.717, 1.165) is 6.16 Å². The minimum atomic E-state index is 0.610. The van der Waals surface area contributed by atoms with Gasteiger partial charge in [-0.1, -0.05) is 12.2 Å². The number of rotatable bonds is 3. The fraction of sp³-hybridized carbons (Fsp3) is 0.400. The Morgan fingerprint density at radius 1 is 1.86 bits per heavy atom. The molecule has 0 bridgehead atoms. The van der Waals surface area contributed by atoms with Gasteiger partial charge in [-0.3, -0.25) is 4.76 Å². The van der Waals surface area contributed by atoms with Crippen LogP contribution in [-0.4, -0.2) is 12.9 Å². The summed E-state index contributed by atoms with van der Waals surface area (Å²) in [5.41, 5.74) is 1.19. The average molecular weight is 115 g/mol. The largest absolute Gasteiger partial charge is 0.280 e. The summed E-state index contributed by atoms with van der Waals surface area (Å²) in [6, 6.07) is 0. The predicted octanol–water partition coefficient (Wildman–Crippen LogP) is 1.86. The predicted molar refractivity (Wildman–Crippen MR) is 37.5 cm³/mol. The van der Waals surface area contributed by atoms with Crippen LogP contribution in [0.15, 0.2) is 16.9 Å². The van der Waals surface area contributed by atoms with Crippen LogP contribution in [0.3, 0.4) is 0 Å². The maximum atomic E-state index is 3.71. The molecule has 0 fully saturated rings. The van der Waals surface area contributed by atoms with Gasteiger partial charge in [-0.2, -0.15) is 0 Å². The van der Waals surface area contributed by atoms with Gasteiger partial charge >= 0.3 is 0 Å². The lowest BCUT2D eigenvalue weighted by Gasteiger charge is -1.88. The molecule has 0 aromatic carbocycles. The van der Waals surface area contributed by atoms with Gasteiger partial charge in [-0.25, -0.2) is 0 Å². The van der Waals surface area contributed by atoms with Crippen molar-refractivity contribution in [3.63, 3.8) is 0 Å². The summed E-state index contributed by atoms with van der Waals surface area (Å²) in [5, 5.41) is 0. The Bertz CT molecular complexity index is 78.1. The van der Waals surface area contributed by atoms with E-state index in [1.54, 1.807) is 0 Å². The summed E-state index contributed by atoms with van der Waals surface area (Å²) >= 11 is 0. The number of allylic oxidation sites excluding steroid dienone is 1. The molecule has 7 heavy (non-hydrogen) atoms. The van der Waals surface area contributed by atoms with Crippen LogP contribution in [0.4, 0.5) is 0 Å². The van der Waals surface area contributed by atoms with E-state index >= 15 is 0 Å². The zero-order chi connectivity index (χ0) is 5.70. The number of hydrogen-bond donors (Lipinski definition) is 0. The Kier molecular flexibility index (Phi) is 3.92. The Morgan fingerprint density at radius 2 is 2.43 bits per heavy atom. The summed E-state index contributed by atoms with van der Waals surface area (Å²) in [6.07, 6.45) is 1.00. The van der Waals surface area contributed by atoms with E-state index in [0.29, 0.717) is 8.73 Å². The topological polar surface area (TPSA) is 12.4 Å². The third kappa shape index (κ3) is 5.84. The molecule has 1 atom stereocenters. The van der Waals surface area contributed by atoms with Gasteiger partial charge in [0.15, 0.2) is 0 Å². The van der Waals surface area contributed by atoms with Crippen LogP contribution in [0.1, 0.15) is 6.92 Å². The summed E-state index contributed by atoms with van der Waals surface area (Å²) in [6.45, 7) is 9.06. The first-order valence-electron chi connectivity index (χ1n) is 2.10. The molecule has 0 amide bonds. The molecule has 0 aliphatic heterocycles. The quantitative estimate of drug-likeness (QED) is 0.302. The third-order valence-electron chi connectivity index (χ3n) is 0.493. The number of nitrogens with zero attached hydrogens (tertiary/aromatic N) is 1. The van der Waals surface area contributed by atoms with Gasteiger partial charge in [0.1, 0.15) is 0 Å². The van der Waals surface area contributed by atoms with Gasteiger partial charge in [0.25, 0.3) is 0 Å². The highest BCUT2D eigenvalue weighted by atomic mass is 31.1. The van der Waals surface area contributed by atoms with Crippen LogP contribution in [-0.2, 0) is 0 Å². The second-order valence-electron chi connectivity index (χ2n) is 1.45. The highest BCUT2D eigenvalue weighted by Crippen LogP contribution is 2.12. The average Bonchev–Trinajstić information content (AvgIpc) is 1.61. The van der Waals surface area contributed by atoms with Crippen LogP contribution in [0.25, 0.3) is 0 Å². The molecule has 0 aliphatic rings. The summed E-state index contributed by atoms with van der Waals surface area (Å²) in [7, 11) is 0.610. The van der Waals surface area contributed by atoms with E-state index in [4.69, 9.17) is 0 Å². The SMILES string of the molecule is C=NPCC(=C)C. The van der Waals surface area contributed by atoms with Crippen LogP contribution >= 0.6 is 8.73 Å². The Morgan fingerprint density at radius 3 is 2.57 bits per heavy atom. The molecule has 0 heterocycles. The van der Waals surface area contributed by atoms with Crippen LogP contribution < -0.4 is 0 Å². The third-order valence-corrected chi connectivity index (χ3v) is 1.48. The molecule has 0 saturated heterocycles. The summed E-state index contributed by atoms with van der Waals surface area (Å²) in [4.78, 5) is 0. The molecule has 1 nitrogen and oxygen atoms in total. The van der Waals surface area contributed by atoms with E-state index in [9.17, 15) is 0 Å². The summed E-state index contributed by atoms with van der Waals surface area (Å²) < 4.78 is 3.69. The lowest BCUT2D eigenvalue weighted by Crippen LogP contribution is -1.69. The zero-order valence-corrected chi connectivity index (χ0v) is 5.57. The Hall–Kier alpha value is -0.160. The fourth-order valence-corrected chi connectivity index (χ4v) is 0.573. The molecule has 0 aromatic rings. The standard InChI is InChI=1S/C5H10NP/c1-5(2)4-7-6-3/h7H,1,3-4H2,2H3. The lowest BCUT2D eigenvalue weighted by atomic mass is 10.4. The van der Waals surface area contributed by atoms with Gasteiger partial charge < -0.3 is 0 Å². The maximum Gasteiger partial charge on any atom is 0.00550 e. The molecule has 0 rings (SSSR count). The maximum absolute atomic E-state index is 3.71. The highest BCUT2D eigenvalue weighted by Gasteiger charge is 1.79. The Balaban J connectivity index is 2.97. The van der Waals surface area contributed by atoms with Crippen molar-refractivity contribution < 1.29 is 0 Å². The van der Waals surface area contributed by atoms with Crippen LogP contribution in [0.5, 0.6) is 0 Å². The van der Waals surface area contributed by atoms with Crippen LogP contribution in [0, 0.1) is 0 Å². The van der Waals surface area contributed by atoms with E-state index < -0.39 is 0 Å². The Labute approximate surface area is 46.4 Å². The van der Waals surface area contributed by atoms with Gasteiger partial charge in [-0.05, 0) is 13.6 Å². The zero-order valence-electron chi connectivity index (χ0n) is 4.57. The second kappa shape index (κ2) is 4.01. The molecule has 0 radical (unpaired) electrons. The molecular weight excluding hydrogens is 105 g/mol. The van der Waals surface area contributed by atoms with Crippen molar-refractivity contribution >= 4 is 15.4 Å². The molecule has 0 aliphatic carbocycles. The van der Waals surface area contributed by atoms with Gasteiger partial charge in [0.05, 0.1) is 0 Å². The van der Waals surface area contributed by atoms with E-state index in [1.165, 1.54) is 5.57 Å². The molecule has 1 unspecified atom stereocenters. The van der Waals surface area contributed by atoms with Gasteiger partial charge in [0.2, 0.25) is 0 Å². The fourth-order valence-electron chi connectivity index (χ4n) is 0.191. The molecule has 0 saturated carbocycles. The first-order chi connectivity index (χ1) is 3.27. The highest BCUT2D eigenvalue weighted by molar-refractivity contribution is 7.36. The molecule has 2 heteroatoms. The molecule has 40 valence electrons. The van der Waals surface area contributed by atoms with Crippen LogP contribution in [0.2, 0.25) is 0 Å². The molecule has 0 aromatic heterocycles. The van der Waals surface area contributed by atoms with Crippen molar-refractivity contribution in [3.05, 3.63) is 12.2 Å². The monoisotopic (exact) mass is 115 g/mol. The van der Waals surface area contributed by atoms with E-state index in [2.05, 4.69) is 18.1 Å². The first-order valence-corrected chi connectivity index (χ1v) is 3.25. The van der Waals surface area contributed by atoms with Crippen molar-refractivity contribution in [2.75, 3.05) is 6.16 Å². The van der Waals surface area contributed by atoms with Gasteiger partial charge in [-0.15, -0.1) is 0 Å². The van der Waals surface area contributed by atoms with Crippen molar-refractivity contribution in [3.8, 4) is 0 Å². The van der Waals surface area contributed by atoms with Crippen molar-refractivity contribution in [1.29, 1.82) is 0 Å². The molecule has 0 spiro atoms. The van der Waals surface area contributed by atoms with Crippen molar-refractivity contribution in [2.45, 2.75) is 6.92 Å². The van der Waals surface area contributed by atoms with Crippen molar-refractivity contribution in [2.24, 2.45) is 4.76 Å². The van der Waals surface area contributed by atoms with Gasteiger partial charge in [0, 0.05) is 14.9 Å². The minimum Gasteiger partial charge on any atom is -0.280 e. The lowest BCUT2D eigenvalue weighted by molar-refractivity contribution is 1.43. The molecule has 0 N–H and O–H groups in total.